The summed E-state index contributed by atoms with van der Waals surface area (Å²) in [6, 6.07) is 6.58. The minimum atomic E-state index is -0.888. The molecular formula is C14H10F2N2O3. The summed E-state index contributed by atoms with van der Waals surface area (Å²) in [4.78, 5) is 22.0. The number of nitro benzene ring substituents is 1. The molecule has 0 aliphatic carbocycles. The summed E-state index contributed by atoms with van der Waals surface area (Å²) in [7, 11) is 0. The van der Waals surface area contributed by atoms with Gasteiger partial charge < -0.3 is 5.32 Å². The second kappa shape index (κ2) is 5.66. The summed E-state index contributed by atoms with van der Waals surface area (Å²) < 4.78 is 26.8. The maximum Gasteiger partial charge on any atom is 0.292 e. The first-order chi connectivity index (χ1) is 9.88. The third-order valence-corrected chi connectivity index (χ3v) is 2.77. The van der Waals surface area contributed by atoms with E-state index in [2.05, 4.69) is 5.32 Å². The van der Waals surface area contributed by atoms with E-state index in [9.17, 15) is 23.7 Å². The molecule has 2 aromatic rings. The van der Waals surface area contributed by atoms with Crippen LogP contribution in [0.1, 0.15) is 15.9 Å². The standard InChI is InChI=1S/C14H10F2N2O3/c1-8-2-4-10(11(16)6-8)14(19)17-12-7-9(15)3-5-13(12)18(20)21/h2-7H,1H3,(H,17,19). The van der Waals surface area contributed by atoms with Gasteiger partial charge in [0.1, 0.15) is 17.3 Å². The van der Waals surface area contributed by atoms with Crippen LogP contribution in [-0.2, 0) is 0 Å². The lowest BCUT2D eigenvalue weighted by molar-refractivity contribution is -0.384. The second-order valence-corrected chi connectivity index (χ2v) is 4.36. The summed E-state index contributed by atoms with van der Waals surface area (Å²) in [6.07, 6.45) is 0. The third kappa shape index (κ3) is 3.19. The van der Waals surface area contributed by atoms with Gasteiger partial charge in [0.05, 0.1) is 10.5 Å². The maximum absolute atomic E-state index is 13.7. The predicted octanol–water partition coefficient (Wildman–Crippen LogP) is 3.43. The Bertz CT molecular complexity index is 732. The molecule has 108 valence electrons. The fraction of sp³-hybridized carbons (Fsp3) is 0.0714. The van der Waals surface area contributed by atoms with Gasteiger partial charge in [-0.2, -0.15) is 0 Å². The average Bonchev–Trinajstić information content (AvgIpc) is 2.37. The Morgan fingerprint density at radius 2 is 1.90 bits per heavy atom. The fourth-order valence-corrected chi connectivity index (χ4v) is 1.76. The first kappa shape index (κ1) is 14.6. The SMILES string of the molecule is Cc1ccc(C(=O)Nc2cc(F)ccc2[N+](=O)[O-])c(F)c1. The molecule has 2 aromatic carbocycles. The molecule has 1 amide bonds. The summed E-state index contributed by atoms with van der Waals surface area (Å²) in [5, 5.41) is 13.0. The number of aryl methyl sites for hydroxylation is 1. The number of nitro groups is 1. The largest absolute Gasteiger partial charge is 0.316 e. The molecule has 0 aliphatic rings. The monoisotopic (exact) mass is 292 g/mol. The molecule has 0 saturated heterocycles. The van der Waals surface area contributed by atoms with E-state index < -0.39 is 28.2 Å². The van der Waals surface area contributed by atoms with E-state index in [1.54, 1.807) is 6.92 Å². The van der Waals surface area contributed by atoms with Gasteiger partial charge in [-0.1, -0.05) is 6.07 Å². The van der Waals surface area contributed by atoms with E-state index in [-0.39, 0.29) is 11.3 Å². The Kier molecular flexibility index (Phi) is 3.93. The zero-order valence-electron chi connectivity index (χ0n) is 10.9. The van der Waals surface area contributed by atoms with E-state index in [4.69, 9.17) is 0 Å². The molecule has 1 N–H and O–H groups in total. The highest BCUT2D eigenvalue weighted by molar-refractivity contribution is 6.05. The molecule has 0 heterocycles. The minimum absolute atomic E-state index is 0.279. The van der Waals surface area contributed by atoms with Gasteiger partial charge in [-0.05, 0) is 30.7 Å². The highest BCUT2D eigenvalue weighted by Gasteiger charge is 2.19. The quantitative estimate of drug-likeness (QED) is 0.695. The molecule has 0 unspecified atom stereocenters. The minimum Gasteiger partial charge on any atom is -0.316 e. The summed E-state index contributed by atoms with van der Waals surface area (Å²) >= 11 is 0. The molecular weight excluding hydrogens is 282 g/mol. The summed E-state index contributed by atoms with van der Waals surface area (Å²) in [5.41, 5.74) is -0.456. The number of carbonyl (C=O) groups excluding carboxylic acids is 1. The number of carbonyl (C=O) groups is 1. The lowest BCUT2D eigenvalue weighted by Gasteiger charge is -2.07. The molecule has 7 heteroatoms. The van der Waals surface area contributed by atoms with Crippen LogP contribution >= 0.6 is 0 Å². The van der Waals surface area contributed by atoms with Crippen molar-refractivity contribution in [1.29, 1.82) is 0 Å². The molecule has 0 bridgehead atoms. The van der Waals surface area contributed by atoms with Crippen molar-refractivity contribution < 1.29 is 18.5 Å². The molecule has 0 aliphatic heterocycles. The van der Waals surface area contributed by atoms with Crippen molar-refractivity contribution in [2.45, 2.75) is 6.92 Å². The first-order valence-electron chi connectivity index (χ1n) is 5.90. The smallest absolute Gasteiger partial charge is 0.292 e. The van der Waals surface area contributed by atoms with Gasteiger partial charge in [-0.15, -0.1) is 0 Å². The van der Waals surface area contributed by atoms with Crippen molar-refractivity contribution in [3.8, 4) is 0 Å². The van der Waals surface area contributed by atoms with Crippen LogP contribution in [0.15, 0.2) is 36.4 Å². The third-order valence-electron chi connectivity index (χ3n) is 2.77. The number of amides is 1. The van der Waals surface area contributed by atoms with Crippen molar-refractivity contribution in [3.05, 3.63) is 69.3 Å². The Labute approximate surface area is 118 Å². The van der Waals surface area contributed by atoms with E-state index in [1.165, 1.54) is 12.1 Å². The lowest BCUT2D eigenvalue weighted by atomic mass is 10.1. The number of benzene rings is 2. The van der Waals surface area contributed by atoms with Crippen LogP contribution in [0.5, 0.6) is 0 Å². The Balaban J connectivity index is 2.35. The Hall–Kier alpha value is -2.83. The summed E-state index contributed by atoms with van der Waals surface area (Å²) in [5.74, 6) is -2.40. The predicted molar refractivity (Wildman–Crippen MR) is 72.1 cm³/mol. The number of halogens is 2. The second-order valence-electron chi connectivity index (χ2n) is 4.36. The van der Waals surface area contributed by atoms with Gasteiger partial charge in [-0.3, -0.25) is 14.9 Å². The number of anilines is 1. The molecule has 2 rings (SSSR count). The van der Waals surface area contributed by atoms with Crippen molar-refractivity contribution in [3.63, 3.8) is 0 Å². The zero-order chi connectivity index (χ0) is 15.6. The Morgan fingerprint density at radius 1 is 1.19 bits per heavy atom. The molecule has 5 nitrogen and oxygen atoms in total. The highest BCUT2D eigenvalue weighted by atomic mass is 19.1. The van der Waals surface area contributed by atoms with Gasteiger partial charge in [0.15, 0.2) is 0 Å². The molecule has 0 radical (unpaired) electrons. The van der Waals surface area contributed by atoms with Gasteiger partial charge in [0.25, 0.3) is 11.6 Å². The molecule has 21 heavy (non-hydrogen) atoms. The van der Waals surface area contributed by atoms with E-state index in [0.29, 0.717) is 5.56 Å². The van der Waals surface area contributed by atoms with Crippen molar-refractivity contribution in [2.24, 2.45) is 0 Å². The summed E-state index contributed by atoms with van der Waals surface area (Å²) in [6.45, 7) is 1.65. The van der Waals surface area contributed by atoms with Gasteiger partial charge in [0.2, 0.25) is 0 Å². The van der Waals surface area contributed by atoms with Crippen molar-refractivity contribution in [2.75, 3.05) is 5.32 Å². The van der Waals surface area contributed by atoms with E-state index >= 15 is 0 Å². The van der Waals surface area contributed by atoms with Crippen LogP contribution in [0, 0.1) is 28.7 Å². The van der Waals surface area contributed by atoms with Gasteiger partial charge in [0, 0.05) is 12.1 Å². The molecule has 0 spiro atoms. The number of nitrogens with one attached hydrogen (secondary N) is 1. The molecule has 0 saturated carbocycles. The first-order valence-corrected chi connectivity index (χ1v) is 5.90. The molecule has 0 fully saturated rings. The highest BCUT2D eigenvalue weighted by Crippen LogP contribution is 2.25. The number of hydrogen-bond acceptors (Lipinski definition) is 3. The fourth-order valence-electron chi connectivity index (χ4n) is 1.76. The maximum atomic E-state index is 13.7. The van der Waals surface area contributed by atoms with Crippen LogP contribution in [0.4, 0.5) is 20.2 Å². The number of hydrogen-bond donors (Lipinski definition) is 1. The van der Waals surface area contributed by atoms with E-state index in [0.717, 1.165) is 24.3 Å². The van der Waals surface area contributed by atoms with Crippen molar-refractivity contribution >= 4 is 17.3 Å². The van der Waals surface area contributed by atoms with Gasteiger partial charge in [-0.25, -0.2) is 8.78 Å². The lowest BCUT2D eigenvalue weighted by Crippen LogP contribution is -2.15. The van der Waals surface area contributed by atoms with Crippen LogP contribution in [0.3, 0.4) is 0 Å². The molecule has 0 atom stereocenters. The average molecular weight is 292 g/mol. The Morgan fingerprint density at radius 3 is 2.52 bits per heavy atom. The van der Waals surface area contributed by atoms with Crippen LogP contribution < -0.4 is 5.32 Å². The van der Waals surface area contributed by atoms with Crippen molar-refractivity contribution in [1.82, 2.24) is 0 Å². The topological polar surface area (TPSA) is 72.2 Å². The normalized spacial score (nSPS) is 10.2. The molecule has 0 aromatic heterocycles. The zero-order valence-corrected chi connectivity index (χ0v) is 10.9. The van der Waals surface area contributed by atoms with E-state index in [1.807, 2.05) is 0 Å². The van der Waals surface area contributed by atoms with Crippen LogP contribution in [0.25, 0.3) is 0 Å². The number of nitrogens with zero attached hydrogens (tertiary/aromatic N) is 1. The van der Waals surface area contributed by atoms with Gasteiger partial charge >= 0.3 is 0 Å². The number of rotatable bonds is 3. The van der Waals surface area contributed by atoms with Crippen LogP contribution in [0.2, 0.25) is 0 Å². The van der Waals surface area contributed by atoms with Crippen LogP contribution in [-0.4, -0.2) is 10.8 Å².